The highest BCUT2D eigenvalue weighted by Gasteiger charge is 2.38. The van der Waals surface area contributed by atoms with Crippen LogP contribution in [-0.4, -0.2) is 24.6 Å². The molecule has 0 fully saturated rings. The number of pyridine rings is 2. The molecule has 0 amide bonds. The van der Waals surface area contributed by atoms with Crippen LogP contribution in [0.5, 0.6) is 0 Å². The number of aryl methyl sites for hydroxylation is 3. The molecule has 0 radical (unpaired) electrons. The Morgan fingerprint density at radius 3 is 2.38 bits per heavy atom. The van der Waals surface area contributed by atoms with Crippen LogP contribution >= 0.6 is 23.2 Å². The Hall–Kier alpha value is -3.25. The van der Waals surface area contributed by atoms with Gasteiger partial charge in [0, 0.05) is 34.9 Å². The molecule has 2 aromatic carbocycles. The van der Waals surface area contributed by atoms with E-state index in [-0.39, 0.29) is 0 Å². The zero-order valence-corrected chi connectivity index (χ0v) is 20.4. The Balaban J connectivity index is 1.80. The first-order chi connectivity index (χ1) is 16.3. The fraction of sp³-hybridized carbons (Fsp3) is 0.148. The lowest BCUT2D eigenvalue weighted by Crippen LogP contribution is -2.32. The van der Waals surface area contributed by atoms with Crippen LogP contribution in [0.3, 0.4) is 0 Å². The third kappa shape index (κ3) is 3.57. The van der Waals surface area contributed by atoms with Gasteiger partial charge in [-0.15, -0.1) is 0 Å². The molecular formula is C27H22Cl2N4O. The van der Waals surface area contributed by atoms with Crippen molar-refractivity contribution in [1.29, 1.82) is 0 Å². The number of imidazole rings is 1. The van der Waals surface area contributed by atoms with E-state index in [0.29, 0.717) is 43.5 Å². The van der Waals surface area contributed by atoms with Crippen molar-refractivity contribution in [3.05, 3.63) is 112 Å². The Kier molecular flexibility index (Phi) is 5.64. The van der Waals surface area contributed by atoms with Gasteiger partial charge in [0.05, 0.1) is 28.8 Å². The Morgan fingerprint density at radius 1 is 0.941 bits per heavy atom. The van der Waals surface area contributed by atoms with Crippen LogP contribution in [0.2, 0.25) is 10.2 Å². The van der Waals surface area contributed by atoms with Crippen LogP contribution in [-0.2, 0) is 12.6 Å². The van der Waals surface area contributed by atoms with Crippen molar-refractivity contribution in [2.45, 2.75) is 19.4 Å². The topological polar surface area (TPSA) is 63.8 Å². The number of halogens is 2. The smallest absolute Gasteiger partial charge is 0.158 e. The average molecular weight is 489 g/mol. The first kappa shape index (κ1) is 22.5. The van der Waals surface area contributed by atoms with Crippen molar-refractivity contribution < 1.29 is 5.11 Å². The van der Waals surface area contributed by atoms with Gasteiger partial charge in [-0.3, -0.25) is 4.98 Å². The molecule has 34 heavy (non-hydrogen) atoms. The van der Waals surface area contributed by atoms with Crippen LogP contribution in [0.25, 0.3) is 22.0 Å². The fourth-order valence-electron chi connectivity index (χ4n) is 4.49. The third-order valence-electron chi connectivity index (χ3n) is 6.16. The fourth-order valence-corrected chi connectivity index (χ4v) is 5.18. The highest BCUT2D eigenvalue weighted by Crippen LogP contribution is 2.42. The Labute approximate surface area is 207 Å². The molecule has 5 rings (SSSR count). The van der Waals surface area contributed by atoms with Gasteiger partial charge < -0.3 is 9.67 Å². The quantitative estimate of drug-likeness (QED) is 0.304. The second-order valence-electron chi connectivity index (χ2n) is 8.38. The monoisotopic (exact) mass is 488 g/mol. The lowest BCUT2D eigenvalue weighted by molar-refractivity contribution is 0.116. The molecule has 0 bridgehead atoms. The minimum Gasteiger partial charge on any atom is -0.374 e. The highest BCUT2D eigenvalue weighted by molar-refractivity contribution is 6.42. The van der Waals surface area contributed by atoms with Crippen molar-refractivity contribution in [1.82, 2.24) is 19.5 Å². The van der Waals surface area contributed by atoms with E-state index in [4.69, 9.17) is 23.2 Å². The van der Waals surface area contributed by atoms with E-state index in [1.54, 1.807) is 17.1 Å². The summed E-state index contributed by atoms with van der Waals surface area (Å²) in [6.07, 6.45) is 3.33. The standard InChI is InChI=1S/C27H22Cl2N4O/c1-16-9-11-21(17(2)31-16)27(34,23-14-30-15-33(23)3)19-10-12-22-20(13-19)25(28)24(26(29)32-22)18-7-5-4-6-8-18/h4-15,34H,1-3H3. The summed E-state index contributed by atoms with van der Waals surface area (Å²) in [6, 6.07) is 19.0. The van der Waals surface area contributed by atoms with Crippen LogP contribution in [0.15, 0.2) is 73.2 Å². The van der Waals surface area contributed by atoms with Crippen molar-refractivity contribution >= 4 is 34.1 Å². The number of benzene rings is 2. The Morgan fingerprint density at radius 2 is 1.71 bits per heavy atom. The second-order valence-corrected chi connectivity index (χ2v) is 9.11. The molecule has 0 aliphatic rings. The number of aliphatic hydroxyl groups is 1. The van der Waals surface area contributed by atoms with E-state index in [0.717, 1.165) is 17.0 Å². The summed E-state index contributed by atoms with van der Waals surface area (Å²) in [5.74, 6) is 0. The number of hydrogen-bond acceptors (Lipinski definition) is 4. The number of nitrogens with zero attached hydrogens (tertiary/aromatic N) is 4. The van der Waals surface area contributed by atoms with E-state index < -0.39 is 5.60 Å². The summed E-state index contributed by atoms with van der Waals surface area (Å²) in [6.45, 7) is 3.82. The van der Waals surface area contributed by atoms with E-state index in [1.165, 1.54) is 0 Å². The summed E-state index contributed by atoms with van der Waals surface area (Å²) >= 11 is 13.5. The molecule has 3 aromatic heterocycles. The van der Waals surface area contributed by atoms with Gasteiger partial charge in [-0.2, -0.15) is 0 Å². The molecule has 0 spiro atoms. The molecule has 0 saturated heterocycles. The predicted octanol–water partition coefficient (Wildman–Crippen LogP) is 6.24. The van der Waals surface area contributed by atoms with Gasteiger partial charge in [-0.05, 0) is 43.2 Å². The molecule has 1 atom stereocenters. The third-order valence-corrected chi connectivity index (χ3v) is 6.83. The molecular weight excluding hydrogens is 467 g/mol. The first-order valence-corrected chi connectivity index (χ1v) is 11.5. The van der Waals surface area contributed by atoms with Crippen LogP contribution in [0.4, 0.5) is 0 Å². The van der Waals surface area contributed by atoms with E-state index >= 15 is 0 Å². The highest BCUT2D eigenvalue weighted by atomic mass is 35.5. The molecule has 1 N–H and O–H groups in total. The second kappa shape index (κ2) is 8.51. The minimum absolute atomic E-state index is 0.330. The summed E-state index contributed by atoms with van der Waals surface area (Å²) in [7, 11) is 1.85. The molecule has 0 aliphatic carbocycles. The SMILES string of the molecule is Cc1ccc(C(O)(c2ccc3nc(Cl)c(-c4ccccc4)c(Cl)c3c2)c2cncn2C)c(C)n1. The normalized spacial score (nSPS) is 13.2. The number of fused-ring (bicyclic) bond motifs is 1. The van der Waals surface area contributed by atoms with E-state index in [1.807, 2.05) is 81.6 Å². The molecule has 5 nitrogen and oxygen atoms in total. The molecule has 170 valence electrons. The first-order valence-electron chi connectivity index (χ1n) is 10.8. The Bertz CT molecular complexity index is 1530. The summed E-state index contributed by atoms with van der Waals surface area (Å²) in [5, 5.41) is 13.9. The summed E-state index contributed by atoms with van der Waals surface area (Å²) in [4.78, 5) is 13.5. The maximum absolute atomic E-state index is 12.4. The maximum Gasteiger partial charge on any atom is 0.158 e. The predicted molar refractivity (Wildman–Crippen MR) is 136 cm³/mol. The summed E-state index contributed by atoms with van der Waals surface area (Å²) in [5.41, 5.74) is 4.18. The molecule has 0 aliphatic heterocycles. The zero-order chi connectivity index (χ0) is 24.0. The van der Waals surface area contributed by atoms with Gasteiger partial charge in [-0.25, -0.2) is 9.97 Å². The zero-order valence-electron chi connectivity index (χ0n) is 18.9. The van der Waals surface area contributed by atoms with Gasteiger partial charge >= 0.3 is 0 Å². The largest absolute Gasteiger partial charge is 0.374 e. The average Bonchev–Trinajstić information content (AvgIpc) is 3.25. The van der Waals surface area contributed by atoms with Crippen molar-refractivity contribution in [3.63, 3.8) is 0 Å². The van der Waals surface area contributed by atoms with Gasteiger partial charge in [0.1, 0.15) is 5.15 Å². The molecule has 1 unspecified atom stereocenters. The van der Waals surface area contributed by atoms with Crippen molar-refractivity contribution in [3.8, 4) is 11.1 Å². The molecule has 3 heterocycles. The molecule has 7 heteroatoms. The van der Waals surface area contributed by atoms with Crippen molar-refractivity contribution in [2.24, 2.45) is 7.05 Å². The molecule has 0 saturated carbocycles. The van der Waals surface area contributed by atoms with Crippen LogP contribution in [0.1, 0.15) is 28.2 Å². The summed E-state index contributed by atoms with van der Waals surface area (Å²) < 4.78 is 1.81. The van der Waals surface area contributed by atoms with Crippen molar-refractivity contribution in [2.75, 3.05) is 0 Å². The van der Waals surface area contributed by atoms with Crippen LogP contribution < -0.4 is 0 Å². The number of aromatic nitrogens is 4. The lowest BCUT2D eigenvalue weighted by Gasteiger charge is -2.31. The number of hydrogen-bond donors (Lipinski definition) is 1. The van der Waals surface area contributed by atoms with E-state index in [2.05, 4.69) is 15.0 Å². The molecule has 5 aromatic rings. The number of rotatable bonds is 4. The van der Waals surface area contributed by atoms with Gasteiger partial charge in [0.2, 0.25) is 0 Å². The van der Waals surface area contributed by atoms with Gasteiger partial charge in [-0.1, -0.05) is 65.7 Å². The van der Waals surface area contributed by atoms with Crippen LogP contribution in [0, 0.1) is 13.8 Å². The van der Waals surface area contributed by atoms with Gasteiger partial charge in [0.15, 0.2) is 5.60 Å². The van der Waals surface area contributed by atoms with Gasteiger partial charge in [0.25, 0.3) is 0 Å². The van der Waals surface area contributed by atoms with E-state index in [9.17, 15) is 5.11 Å². The lowest BCUT2D eigenvalue weighted by atomic mass is 9.82. The maximum atomic E-state index is 12.4. The minimum atomic E-state index is -1.51.